The van der Waals surface area contributed by atoms with E-state index in [-0.39, 0.29) is 6.61 Å². The van der Waals surface area contributed by atoms with Gasteiger partial charge in [0.25, 0.3) is 0 Å². The van der Waals surface area contributed by atoms with Crippen LogP contribution >= 0.6 is 0 Å². The first-order valence-electron chi connectivity index (χ1n) is 10.0. The number of rotatable bonds is 6. The number of carboxylic acids is 4. The Morgan fingerprint density at radius 3 is 2.09 bits per heavy atom. The lowest BCUT2D eigenvalue weighted by Crippen LogP contribution is -2.39. The van der Waals surface area contributed by atoms with Crippen molar-refractivity contribution in [3.63, 3.8) is 0 Å². The van der Waals surface area contributed by atoms with Crippen molar-refractivity contribution in [1.82, 2.24) is 19.4 Å². The van der Waals surface area contributed by atoms with Crippen LogP contribution in [0.15, 0.2) is 31.0 Å². The van der Waals surface area contributed by atoms with Crippen molar-refractivity contribution in [3.05, 3.63) is 31.0 Å². The Bertz CT molecular complexity index is 951. The van der Waals surface area contributed by atoms with Gasteiger partial charge in [0.05, 0.1) is 13.2 Å². The maximum absolute atomic E-state index is 9.30. The van der Waals surface area contributed by atoms with Crippen molar-refractivity contribution < 1.29 is 44.7 Å². The number of nitrogens with zero attached hydrogens (tertiary/aromatic N) is 4. The van der Waals surface area contributed by atoms with Crippen LogP contribution in [0.3, 0.4) is 0 Å². The zero-order valence-corrected chi connectivity index (χ0v) is 18.2. The summed E-state index contributed by atoms with van der Waals surface area (Å²) in [5.74, 6) is -6.49. The summed E-state index contributed by atoms with van der Waals surface area (Å²) >= 11 is 0. The van der Waals surface area contributed by atoms with Crippen LogP contribution in [0, 0.1) is 0 Å². The monoisotopic (exact) mass is 481 g/mol. The highest BCUT2D eigenvalue weighted by Crippen LogP contribution is 2.20. The Kier molecular flexibility index (Phi) is 11.7. The Labute approximate surface area is 193 Å². The van der Waals surface area contributed by atoms with E-state index in [1.165, 1.54) is 0 Å². The topological polar surface area (TPSA) is 215 Å². The molecule has 6 N–H and O–H groups in total. The first-order valence-corrected chi connectivity index (χ1v) is 10.0. The number of imidazole rings is 1. The molecule has 1 aliphatic rings. The standard InChI is InChI=1S/C16H23N5O.2C2H2O4/c1-2-8-20-9-5-13(6-10-20)18-16-19-14-4-3-7-17-15(14)21(16)11-12-22;2*3-1(4)2(5)6/h2-4,7,13,22H,1,5-6,8-12H2,(H,18,19);2*(H,3,4)(H,5,6). The summed E-state index contributed by atoms with van der Waals surface area (Å²) in [6.45, 7) is 7.48. The number of hydrogen-bond donors (Lipinski definition) is 6. The van der Waals surface area contributed by atoms with Gasteiger partial charge in [-0.2, -0.15) is 0 Å². The number of carbonyl (C=O) groups is 4. The van der Waals surface area contributed by atoms with Crippen LogP contribution in [-0.2, 0) is 25.7 Å². The molecule has 14 nitrogen and oxygen atoms in total. The van der Waals surface area contributed by atoms with Gasteiger partial charge in [0.2, 0.25) is 5.95 Å². The number of fused-ring (bicyclic) bond motifs is 1. The van der Waals surface area contributed by atoms with Crippen molar-refractivity contribution in [2.45, 2.75) is 25.4 Å². The van der Waals surface area contributed by atoms with Gasteiger partial charge in [-0.05, 0) is 25.0 Å². The van der Waals surface area contributed by atoms with E-state index in [9.17, 15) is 5.11 Å². The second-order valence-corrected chi connectivity index (χ2v) is 6.89. The van der Waals surface area contributed by atoms with Crippen LogP contribution in [-0.4, -0.2) is 101 Å². The van der Waals surface area contributed by atoms with Gasteiger partial charge < -0.3 is 30.8 Å². The van der Waals surface area contributed by atoms with Crippen LogP contribution in [0.25, 0.3) is 11.2 Å². The molecule has 14 heteroatoms. The molecule has 3 rings (SSSR count). The van der Waals surface area contributed by atoms with Crippen molar-refractivity contribution in [3.8, 4) is 0 Å². The van der Waals surface area contributed by atoms with Gasteiger partial charge in [0, 0.05) is 31.9 Å². The fourth-order valence-electron chi connectivity index (χ4n) is 3.01. The molecule has 0 aliphatic carbocycles. The first kappa shape index (κ1) is 28.0. The average Bonchev–Trinajstić information content (AvgIpc) is 3.13. The number of likely N-dealkylation sites (tertiary alicyclic amines) is 1. The van der Waals surface area contributed by atoms with E-state index in [0.717, 1.165) is 49.6 Å². The van der Waals surface area contributed by atoms with Crippen LogP contribution in [0.2, 0.25) is 0 Å². The maximum Gasteiger partial charge on any atom is 0.414 e. The van der Waals surface area contributed by atoms with Crippen LogP contribution < -0.4 is 5.32 Å². The molecule has 3 heterocycles. The molecule has 0 saturated carbocycles. The molecule has 2 aromatic rings. The molecule has 0 aromatic carbocycles. The maximum atomic E-state index is 9.30. The van der Waals surface area contributed by atoms with Crippen LogP contribution in [0.5, 0.6) is 0 Å². The third-order valence-electron chi connectivity index (χ3n) is 4.50. The second kappa shape index (κ2) is 14.2. The number of nitrogens with one attached hydrogen (secondary N) is 1. The summed E-state index contributed by atoms with van der Waals surface area (Å²) in [5.41, 5.74) is 1.69. The quantitative estimate of drug-likeness (QED) is 0.233. The molecule has 0 unspecified atom stereocenters. The fourth-order valence-corrected chi connectivity index (χ4v) is 3.01. The average molecular weight is 481 g/mol. The van der Waals surface area contributed by atoms with E-state index >= 15 is 0 Å². The first-order chi connectivity index (χ1) is 16.1. The summed E-state index contributed by atoms with van der Waals surface area (Å²) in [6.07, 6.45) is 5.89. The number of carboxylic acid groups (broad SMARTS) is 4. The second-order valence-electron chi connectivity index (χ2n) is 6.89. The van der Waals surface area contributed by atoms with Gasteiger partial charge in [-0.25, -0.2) is 29.1 Å². The molecule has 0 spiro atoms. The fraction of sp³-hybridized carbons (Fsp3) is 0.400. The number of aromatic nitrogens is 3. The summed E-state index contributed by atoms with van der Waals surface area (Å²) in [5, 5.41) is 42.4. The lowest BCUT2D eigenvalue weighted by atomic mass is 10.1. The van der Waals surface area contributed by atoms with Gasteiger partial charge in [-0.1, -0.05) is 6.08 Å². The molecule has 0 atom stereocenters. The van der Waals surface area contributed by atoms with Crippen molar-refractivity contribution in [2.75, 3.05) is 31.6 Å². The van der Waals surface area contributed by atoms with Gasteiger partial charge in [-0.3, -0.25) is 9.47 Å². The van der Waals surface area contributed by atoms with Crippen molar-refractivity contribution in [1.29, 1.82) is 0 Å². The van der Waals surface area contributed by atoms with E-state index in [1.807, 2.05) is 22.8 Å². The Balaban J connectivity index is 0.000000401. The minimum absolute atomic E-state index is 0.0779. The Morgan fingerprint density at radius 2 is 1.62 bits per heavy atom. The number of aliphatic hydroxyl groups is 1. The number of pyridine rings is 1. The predicted octanol–water partition coefficient (Wildman–Crippen LogP) is -0.203. The van der Waals surface area contributed by atoms with Crippen LogP contribution in [0.1, 0.15) is 12.8 Å². The number of aliphatic carboxylic acids is 4. The number of hydrogen-bond acceptors (Lipinski definition) is 9. The molecule has 34 heavy (non-hydrogen) atoms. The normalized spacial score (nSPS) is 13.6. The van der Waals surface area contributed by atoms with Gasteiger partial charge in [-0.15, -0.1) is 6.58 Å². The van der Waals surface area contributed by atoms with E-state index in [2.05, 4.69) is 26.8 Å². The lowest BCUT2D eigenvalue weighted by molar-refractivity contribution is -0.159. The summed E-state index contributed by atoms with van der Waals surface area (Å²) in [7, 11) is 0. The van der Waals surface area contributed by atoms with Gasteiger partial charge in [0.15, 0.2) is 5.65 Å². The summed E-state index contributed by atoms with van der Waals surface area (Å²) < 4.78 is 1.96. The molecule has 0 bridgehead atoms. The largest absolute Gasteiger partial charge is 0.473 e. The van der Waals surface area contributed by atoms with E-state index in [1.54, 1.807) is 6.20 Å². The molecule has 1 aliphatic heterocycles. The molecule has 1 saturated heterocycles. The molecule has 0 radical (unpaired) electrons. The smallest absolute Gasteiger partial charge is 0.414 e. The Hall–Kier alpha value is -4.04. The van der Waals surface area contributed by atoms with E-state index < -0.39 is 23.9 Å². The molecule has 1 fully saturated rings. The lowest BCUT2D eigenvalue weighted by Gasteiger charge is -2.31. The number of aliphatic hydroxyl groups excluding tert-OH is 1. The zero-order valence-electron chi connectivity index (χ0n) is 18.2. The zero-order chi connectivity index (χ0) is 25.7. The molecular weight excluding hydrogens is 454 g/mol. The van der Waals surface area contributed by atoms with Crippen molar-refractivity contribution >= 4 is 41.0 Å². The number of anilines is 1. The molecular formula is C20H27N5O9. The molecule has 2 aromatic heterocycles. The highest BCUT2D eigenvalue weighted by molar-refractivity contribution is 6.27. The minimum Gasteiger partial charge on any atom is -0.473 e. The van der Waals surface area contributed by atoms with Gasteiger partial charge in [0.1, 0.15) is 5.52 Å². The summed E-state index contributed by atoms with van der Waals surface area (Å²) in [6, 6.07) is 4.25. The highest BCUT2D eigenvalue weighted by atomic mass is 16.4. The van der Waals surface area contributed by atoms with Crippen LogP contribution in [0.4, 0.5) is 5.95 Å². The summed E-state index contributed by atoms with van der Waals surface area (Å²) in [4.78, 5) is 47.8. The third-order valence-corrected chi connectivity index (χ3v) is 4.50. The molecule has 186 valence electrons. The third kappa shape index (κ3) is 9.22. The molecule has 0 amide bonds. The predicted molar refractivity (Wildman–Crippen MR) is 118 cm³/mol. The van der Waals surface area contributed by atoms with E-state index in [4.69, 9.17) is 39.6 Å². The van der Waals surface area contributed by atoms with E-state index in [0.29, 0.717) is 12.6 Å². The SMILES string of the molecule is C=CCN1CCC(Nc2nc3cccnc3n2CCO)CC1.O=C(O)C(=O)O.O=C(O)C(=O)O. The van der Waals surface area contributed by atoms with Gasteiger partial charge >= 0.3 is 23.9 Å². The Morgan fingerprint density at radius 1 is 1.06 bits per heavy atom. The minimum atomic E-state index is -1.82. The highest BCUT2D eigenvalue weighted by Gasteiger charge is 2.20. The van der Waals surface area contributed by atoms with Crippen molar-refractivity contribution in [2.24, 2.45) is 0 Å². The number of piperidine rings is 1.